The minimum absolute atomic E-state index is 0.0837. The van der Waals surface area contributed by atoms with Crippen LogP contribution in [0.3, 0.4) is 0 Å². The van der Waals surface area contributed by atoms with Gasteiger partial charge in [-0.25, -0.2) is 0 Å². The minimum atomic E-state index is -0.318. The number of amides is 2. The molecule has 1 fully saturated rings. The van der Waals surface area contributed by atoms with E-state index in [0.29, 0.717) is 31.9 Å². The molecule has 2 aromatic rings. The van der Waals surface area contributed by atoms with Crippen molar-refractivity contribution >= 4 is 11.8 Å². The topological polar surface area (TPSA) is 92.3 Å². The molecule has 27 heavy (non-hydrogen) atoms. The van der Waals surface area contributed by atoms with Crippen molar-refractivity contribution < 1.29 is 14.3 Å². The average Bonchev–Trinajstić information content (AvgIpc) is 3.33. The monoisotopic (exact) mass is 371 g/mol. The molecular formula is C19H25N5O3. The highest BCUT2D eigenvalue weighted by molar-refractivity contribution is 5.95. The van der Waals surface area contributed by atoms with Gasteiger partial charge in [-0.3, -0.25) is 14.3 Å². The van der Waals surface area contributed by atoms with Crippen LogP contribution in [0.4, 0.5) is 0 Å². The highest BCUT2D eigenvalue weighted by Gasteiger charge is 2.41. The molecule has 0 unspecified atom stereocenters. The first-order valence-corrected chi connectivity index (χ1v) is 9.43. The maximum atomic E-state index is 12.8. The second-order valence-electron chi connectivity index (χ2n) is 7.25. The number of aromatic nitrogens is 3. The van der Waals surface area contributed by atoms with Gasteiger partial charge in [-0.05, 0) is 31.4 Å². The Morgan fingerprint density at radius 3 is 2.85 bits per heavy atom. The van der Waals surface area contributed by atoms with E-state index in [-0.39, 0.29) is 17.4 Å². The number of piperidine rings is 1. The molecule has 4 rings (SSSR count). The summed E-state index contributed by atoms with van der Waals surface area (Å²) in [6.07, 6.45) is 4.16. The van der Waals surface area contributed by atoms with Gasteiger partial charge in [-0.2, -0.15) is 5.10 Å². The van der Waals surface area contributed by atoms with Crippen LogP contribution in [-0.4, -0.2) is 57.2 Å². The summed E-state index contributed by atoms with van der Waals surface area (Å²) in [5.74, 6) is -0.106. The van der Waals surface area contributed by atoms with Gasteiger partial charge < -0.3 is 19.9 Å². The van der Waals surface area contributed by atoms with Crippen molar-refractivity contribution in [2.45, 2.75) is 44.9 Å². The Balaban J connectivity index is 1.44. The molecule has 144 valence electrons. The van der Waals surface area contributed by atoms with E-state index in [9.17, 15) is 9.59 Å². The molecular weight excluding hydrogens is 346 g/mol. The van der Waals surface area contributed by atoms with Gasteiger partial charge in [0.15, 0.2) is 5.69 Å². The second kappa shape index (κ2) is 6.84. The van der Waals surface area contributed by atoms with Gasteiger partial charge in [0.25, 0.3) is 11.8 Å². The van der Waals surface area contributed by atoms with E-state index >= 15 is 0 Å². The lowest BCUT2D eigenvalue weighted by atomic mass is 9.89. The van der Waals surface area contributed by atoms with E-state index in [4.69, 9.17) is 4.74 Å². The number of ether oxygens (including phenoxy) is 1. The number of aryl methyl sites for hydroxylation is 1. The van der Waals surface area contributed by atoms with Crippen LogP contribution >= 0.6 is 0 Å². The number of aromatic amines is 1. The van der Waals surface area contributed by atoms with Crippen molar-refractivity contribution in [2.24, 2.45) is 0 Å². The maximum Gasteiger partial charge on any atom is 0.271 e. The molecule has 0 atom stereocenters. The summed E-state index contributed by atoms with van der Waals surface area (Å²) >= 11 is 0. The molecule has 8 nitrogen and oxygen atoms in total. The summed E-state index contributed by atoms with van der Waals surface area (Å²) in [4.78, 5) is 29.7. The molecule has 4 heterocycles. The molecule has 2 amide bonds. The highest BCUT2D eigenvalue weighted by atomic mass is 16.5. The summed E-state index contributed by atoms with van der Waals surface area (Å²) in [6, 6.07) is 3.64. The maximum absolute atomic E-state index is 12.8. The van der Waals surface area contributed by atoms with E-state index < -0.39 is 0 Å². The van der Waals surface area contributed by atoms with Crippen LogP contribution < -0.4 is 5.32 Å². The third-order valence-corrected chi connectivity index (χ3v) is 5.67. The van der Waals surface area contributed by atoms with Crippen LogP contribution in [0, 0.1) is 0 Å². The molecule has 0 aromatic carbocycles. The summed E-state index contributed by atoms with van der Waals surface area (Å²) in [5.41, 5.74) is 2.76. The van der Waals surface area contributed by atoms with E-state index in [2.05, 4.69) is 15.4 Å². The number of nitrogens with one attached hydrogen (secondary N) is 2. The Labute approximate surface area is 157 Å². The number of nitrogens with zero attached hydrogens (tertiary/aromatic N) is 3. The van der Waals surface area contributed by atoms with Crippen LogP contribution in [0.25, 0.3) is 0 Å². The summed E-state index contributed by atoms with van der Waals surface area (Å²) in [5, 5.41) is 7.03. The first kappa shape index (κ1) is 17.8. The fourth-order valence-electron chi connectivity index (χ4n) is 3.98. The first-order valence-electron chi connectivity index (χ1n) is 9.43. The van der Waals surface area contributed by atoms with Crippen molar-refractivity contribution in [1.82, 2.24) is 25.0 Å². The molecule has 0 saturated carbocycles. The van der Waals surface area contributed by atoms with Crippen molar-refractivity contribution in [3.63, 3.8) is 0 Å². The molecule has 1 saturated heterocycles. The fourth-order valence-corrected chi connectivity index (χ4v) is 3.98. The van der Waals surface area contributed by atoms with Crippen molar-refractivity contribution in [3.8, 4) is 0 Å². The van der Waals surface area contributed by atoms with Gasteiger partial charge in [-0.15, -0.1) is 0 Å². The number of rotatable bonds is 3. The van der Waals surface area contributed by atoms with Crippen LogP contribution in [0.5, 0.6) is 0 Å². The van der Waals surface area contributed by atoms with Crippen LogP contribution in [-0.2, 0) is 24.3 Å². The van der Waals surface area contributed by atoms with Gasteiger partial charge >= 0.3 is 0 Å². The van der Waals surface area contributed by atoms with E-state index in [0.717, 1.165) is 36.2 Å². The number of H-pyrrole nitrogens is 1. The molecule has 2 aliphatic rings. The first-order chi connectivity index (χ1) is 13.0. The number of hydrogen-bond donors (Lipinski definition) is 2. The zero-order chi connectivity index (χ0) is 19.0. The zero-order valence-corrected chi connectivity index (χ0v) is 15.7. The molecule has 0 bridgehead atoms. The summed E-state index contributed by atoms with van der Waals surface area (Å²) < 4.78 is 8.07. The molecule has 2 aromatic heterocycles. The molecule has 0 radical (unpaired) electrons. The van der Waals surface area contributed by atoms with Gasteiger partial charge in [0.2, 0.25) is 0 Å². The third kappa shape index (κ3) is 3.14. The lowest BCUT2D eigenvalue weighted by Crippen LogP contribution is -2.52. The van der Waals surface area contributed by atoms with Crippen LogP contribution in [0.2, 0.25) is 0 Å². The normalized spacial score (nSPS) is 18.4. The molecule has 0 aliphatic carbocycles. The van der Waals surface area contributed by atoms with Crippen molar-refractivity contribution in [3.05, 3.63) is 41.0 Å². The molecule has 2 aliphatic heterocycles. The Hall–Kier alpha value is -2.61. The Bertz CT molecular complexity index is 861. The summed E-state index contributed by atoms with van der Waals surface area (Å²) in [7, 11) is 1.60. The number of carbonyl (C=O) groups excluding carboxylic acids is 2. The molecule has 2 N–H and O–H groups in total. The van der Waals surface area contributed by atoms with Gasteiger partial charge in [0.1, 0.15) is 0 Å². The quantitative estimate of drug-likeness (QED) is 0.852. The van der Waals surface area contributed by atoms with Gasteiger partial charge in [0.05, 0.1) is 30.0 Å². The Morgan fingerprint density at radius 2 is 2.15 bits per heavy atom. The van der Waals surface area contributed by atoms with Gasteiger partial charge in [-0.1, -0.05) is 6.92 Å². The highest BCUT2D eigenvalue weighted by Crippen LogP contribution is 2.33. The van der Waals surface area contributed by atoms with E-state index in [1.807, 2.05) is 28.8 Å². The van der Waals surface area contributed by atoms with E-state index in [1.54, 1.807) is 13.1 Å². The predicted molar refractivity (Wildman–Crippen MR) is 98.4 cm³/mol. The number of hydrogen-bond acceptors (Lipinski definition) is 4. The fraction of sp³-hybridized carbons (Fsp3) is 0.526. The number of likely N-dealkylation sites (tertiary alicyclic amines) is 1. The largest absolute Gasteiger partial charge is 0.367 e. The third-order valence-electron chi connectivity index (χ3n) is 5.67. The Kier molecular flexibility index (Phi) is 4.51. The second-order valence-corrected chi connectivity index (χ2v) is 7.25. The zero-order valence-electron chi connectivity index (χ0n) is 15.7. The van der Waals surface area contributed by atoms with Gasteiger partial charge in [0, 0.05) is 32.0 Å². The lowest BCUT2D eigenvalue weighted by molar-refractivity contribution is -0.119. The van der Waals surface area contributed by atoms with Crippen LogP contribution in [0.15, 0.2) is 18.3 Å². The molecule has 1 spiro atoms. The smallest absolute Gasteiger partial charge is 0.271 e. The SMILES string of the molecule is CCc1[nH]ccc1C(=O)N1CCC2(CC1)Cn1nc(C(=O)NC)cc1CO2. The number of fused-ring (bicyclic) bond motifs is 1. The van der Waals surface area contributed by atoms with Crippen LogP contribution in [0.1, 0.15) is 52.0 Å². The standard InChI is InChI=1S/C19H25N5O3/c1-3-15-14(4-7-21-15)18(26)23-8-5-19(6-9-23)12-24-13(11-27-19)10-16(22-24)17(25)20-2/h4,7,10,21H,3,5-6,8-9,11-12H2,1-2H3,(H,20,25). The summed E-state index contributed by atoms with van der Waals surface area (Å²) in [6.45, 7) is 4.41. The Morgan fingerprint density at radius 1 is 1.37 bits per heavy atom. The average molecular weight is 371 g/mol. The minimum Gasteiger partial charge on any atom is -0.367 e. The molecule has 8 heteroatoms. The van der Waals surface area contributed by atoms with Crippen molar-refractivity contribution in [2.75, 3.05) is 20.1 Å². The predicted octanol–water partition coefficient (Wildman–Crippen LogP) is 1.34. The lowest BCUT2D eigenvalue weighted by Gasteiger charge is -2.43. The van der Waals surface area contributed by atoms with Crippen molar-refractivity contribution in [1.29, 1.82) is 0 Å². The number of carbonyl (C=O) groups is 2. The van der Waals surface area contributed by atoms with E-state index in [1.165, 1.54) is 0 Å².